The van der Waals surface area contributed by atoms with E-state index in [4.69, 9.17) is 16.7 Å². The molecule has 6 nitrogen and oxygen atoms in total. The van der Waals surface area contributed by atoms with Crippen LogP contribution in [-0.4, -0.2) is 23.2 Å². The van der Waals surface area contributed by atoms with Gasteiger partial charge in [-0.25, -0.2) is 23.2 Å². The summed E-state index contributed by atoms with van der Waals surface area (Å²) in [7, 11) is -3.86. The van der Waals surface area contributed by atoms with Crippen molar-refractivity contribution in [3.63, 3.8) is 0 Å². The van der Waals surface area contributed by atoms with Crippen molar-refractivity contribution in [3.05, 3.63) is 35.9 Å². The standard InChI is InChI=1S/C8H7ClN4O2S/c9-6-2-1-3-7(16(10,14)15)8(6)13-5-11-4-12-13/h1-5H,(H2,10,14,15). The summed E-state index contributed by atoms with van der Waals surface area (Å²) < 4.78 is 24.0. The lowest BCUT2D eigenvalue weighted by Crippen LogP contribution is -2.15. The normalized spacial score (nSPS) is 11.6. The van der Waals surface area contributed by atoms with Crippen molar-refractivity contribution in [1.82, 2.24) is 14.8 Å². The predicted molar refractivity (Wildman–Crippen MR) is 57.7 cm³/mol. The van der Waals surface area contributed by atoms with E-state index in [0.29, 0.717) is 0 Å². The van der Waals surface area contributed by atoms with E-state index in [1.54, 1.807) is 6.07 Å². The van der Waals surface area contributed by atoms with Gasteiger partial charge in [-0.3, -0.25) is 0 Å². The zero-order valence-corrected chi connectivity index (χ0v) is 9.48. The fraction of sp³-hybridized carbons (Fsp3) is 0. The molecule has 2 aromatic rings. The molecule has 16 heavy (non-hydrogen) atoms. The van der Waals surface area contributed by atoms with E-state index in [1.807, 2.05) is 0 Å². The summed E-state index contributed by atoms with van der Waals surface area (Å²) in [6, 6.07) is 4.41. The Bertz CT molecular complexity index is 609. The molecule has 0 radical (unpaired) electrons. The second-order valence-corrected chi connectivity index (χ2v) is 4.91. The minimum Gasteiger partial charge on any atom is -0.225 e. The third-order valence-electron chi connectivity index (χ3n) is 1.90. The third-order valence-corrected chi connectivity index (χ3v) is 3.15. The first kappa shape index (κ1) is 11.1. The van der Waals surface area contributed by atoms with Crippen LogP contribution in [0.1, 0.15) is 0 Å². The molecule has 0 aliphatic carbocycles. The first-order valence-corrected chi connectivity index (χ1v) is 6.09. The molecule has 1 heterocycles. The second kappa shape index (κ2) is 3.85. The van der Waals surface area contributed by atoms with Crippen molar-refractivity contribution in [2.45, 2.75) is 4.90 Å². The molecule has 0 saturated carbocycles. The number of rotatable bonds is 2. The molecule has 0 aliphatic rings. The Morgan fingerprint density at radius 3 is 2.69 bits per heavy atom. The average Bonchev–Trinajstić information content (AvgIpc) is 2.68. The van der Waals surface area contributed by atoms with E-state index < -0.39 is 10.0 Å². The van der Waals surface area contributed by atoms with Gasteiger partial charge in [0.05, 0.1) is 5.02 Å². The second-order valence-electron chi connectivity index (χ2n) is 2.97. The molecule has 84 valence electrons. The maximum Gasteiger partial charge on any atom is 0.240 e. The summed E-state index contributed by atoms with van der Waals surface area (Å²) in [6.07, 6.45) is 2.62. The maximum absolute atomic E-state index is 11.4. The van der Waals surface area contributed by atoms with Gasteiger partial charge in [0.25, 0.3) is 0 Å². The van der Waals surface area contributed by atoms with Gasteiger partial charge in [-0.2, -0.15) is 5.10 Å². The summed E-state index contributed by atoms with van der Waals surface area (Å²) in [5.41, 5.74) is 0.198. The number of nitrogens with two attached hydrogens (primary N) is 1. The van der Waals surface area contributed by atoms with Gasteiger partial charge in [-0.15, -0.1) is 0 Å². The highest BCUT2D eigenvalue weighted by Gasteiger charge is 2.18. The van der Waals surface area contributed by atoms with Gasteiger partial charge < -0.3 is 0 Å². The van der Waals surface area contributed by atoms with Crippen LogP contribution in [0.25, 0.3) is 5.69 Å². The molecule has 1 aromatic heterocycles. The van der Waals surface area contributed by atoms with E-state index in [1.165, 1.54) is 29.5 Å². The summed E-state index contributed by atoms with van der Waals surface area (Å²) in [5, 5.41) is 9.14. The van der Waals surface area contributed by atoms with Crippen LogP contribution >= 0.6 is 11.6 Å². The smallest absolute Gasteiger partial charge is 0.225 e. The lowest BCUT2D eigenvalue weighted by Gasteiger charge is -2.08. The number of halogens is 1. The van der Waals surface area contributed by atoms with Crippen LogP contribution in [0.2, 0.25) is 5.02 Å². The van der Waals surface area contributed by atoms with Crippen LogP contribution in [0.4, 0.5) is 0 Å². The van der Waals surface area contributed by atoms with Gasteiger partial charge in [0.15, 0.2) is 0 Å². The van der Waals surface area contributed by atoms with Gasteiger partial charge in [0, 0.05) is 0 Å². The van der Waals surface area contributed by atoms with E-state index in [2.05, 4.69) is 10.1 Å². The number of hydrogen-bond acceptors (Lipinski definition) is 4. The zero-order valence-electron chi connectivity index (χ0n) is 7.91. The van der Waals surface area contributed by atoms with E-state index in [9.17, 15) is 8.42 Å². The Hall–Kier alpha value is -1.44. The lowest BCUT2D eigenvalue weighted by atomic mass is 10.3. The van der Waals surface area contributed by atoms with Crippen LogP contribution in [0.15, 0.2) is 35.7 Å². The Balaban J connectivity index is 2.78. The summed E-state index contributed by atoms with van der Waals surface area (Å²) in [6.45, 7) is 0. The van der Waals surface area contributed by atoms with Crippen LogP contribution in [0.3, 0.4) is 0 Å². The number of primary sulfonamides is 1. The molecule has 2 rings (SSSR count). The topological polar surface area (TPSA) is 90.9 Å². The highest BCUT2D eigenvalue weighted by Crippen LogP contribution is 2.26. The first-order valence-electron chi connectivity index (χ1n) is 4.16. The summed E-state index contributed by atoms with van der Waals surface area (Å²) in [5.74, 6) is 0. The molecule has 0 saturated heterocycles. The molecular weight excluding hydrogens is 252 g/mol. The number of hydrogen-bond donors (Lipinski definition) is 1. The van der Waals surface area contributed by atoms with Crippen molar-refractivity contribution >= 4 is 21.6 Å². The molecule has 0 bridgehead atoms. The quantitative estimate of drug-likeness (QED) is 0.852. The molecule has 1 aromatic carbocycles. The van der Waals surface area contributed by atoms with Crippen molar-refractivity contribution in [3.8, 4) is 5.69 Å². The maximum atomic E-state index is 11.4. The molecule has 0 unspecified atom stereocenters. The van der Waals surface area contributed by atoms with Gasteiger partial charge in [-0.1, -0.05) is 17.7 Å². The van der Waals surface area contributed by atoms with Crippen LogP contribution in [0.5, 0.6) is 0 Å². The van der Waals surface area contributed by atoms with Gasteiger partial charge in [0.1, 0.15) is 23.2 Å². The van der Waals surface area contributed by atoms with Gasteiger partial charge >= 0.3 is 0 Å². The highest BCUT2D eigenvalue weighted by atomic mass is 35.5. The van der Waals surface area contributed by atoms with Crippen molar-refractivity contribution in [1.29, 1.82) is 0 Å². The number of nitrogens with zero attached hydrogens (tertiary/aromatic N) is 3. The number of benzene rings is 1. The van der Waals surface area contributed by atoms with E-state index >= 15 is 0 Å². The minimum atomic E-state index is -3.86. The summed E-state index contributed by atoms with van der Waals surface area (Å²) in [4.78, 5) is 3.63. The van der Waals surface area contributed by atoms with E-state index in [0.717, 1.165) is 0 Å². The average molecular weight is 259 g/mol. The van der Waals surface area contributed by atoms with Gasteiger partial charge in [0.2, 0.25) is 10.0 Å². The fourth-order valence-corrected chi connectivity index (χ4v) is 2.33. The molecule has 2 N–H and O–H groups in total. The first-order chi connectivity index (χ1) is 7.50. The molecule has 0 aliphatic heterocycles. The van der Waals surface area contributed by atoms with Crippen LogP contribution in [0, 0.1) is 0 Å². The van der Waals surface area contributed by atoms with Crippen LogP contribution < -0.4 is 5.14 Å². The zero-order chi connectivity index (χ0) is 11.8. The predicted octanol–water partition coefficient (Wildman–Crippen LogP) is 0.568. The number of aromatic nitrogens is 3. The monoisotopic (exact) mass is 258 g/mol. The Morgan fingerprint density at radius 1 is 1.38 bits per heavy atom. The number of para-hydroxylation sites is 1. The minimum absolute atomic E-state index is 0.0921. The van der Waals surface area contributed by atoms with Crippen molar-refractivity contribution in [2.24, 2.45) is 5.14 Å². The van der Waals surface area contributed by atoms with Crippen molar-refractivity contribution in [2.75, 3.05) is 0 Å². The Kier molecular flexibility index (Phi) is 2.66. The number of sulfonamides is 1. The van der Waals surface area contributed by atoms with Crippen LogP contribution in [-0.2, 0) is 10.0 Å². The van der Waals surface area contributed by atoms with Crippen molar-refractivity contribution < 1.29 is 8.42 Å². The molecule has 0 amide bonds. The summed E-state index contributed by atoms with van der Waals surface area (Å²) >= 11 is 5.92. The lowest BCUT2D eigenvalue weighted by molar-refractivity contribution is 0.596. The molecule has 0 spiro atoms. The fourth-order valence-electron chi connectivity index (χ4n) is 1.27. The Labute approximate surface area is 96.7 Å². The molecule has 8 heteroatoms. The highest BCUT2D eigenvalue weighted by molar-refractivity contribution is 7.89. The van der Waals surface area contributed by atoms with E-state index in [-0.39, 0.29) is 15.6 Å². The molecule has 0 fully saturated rings. The largest absolute Gasteiger partial charge is 0.240 e. The molecule has 0 atom stereocenters. The molecular formula is C8H7ClN4O2S. The third kappa shape index (κ3) is 1.92. The Morgan fingerprint density at radius 2 is 2.12 bits per heavy atom. The SMILES string of the molecule is NS(=O)(=O)c1cccc(Cl)c1-n1cncn1. The van der Waals surface area contributed by atoms with Gasteiger partial charge in [-0.05, 0) is 12.1 Å².